The number of alkyl halides is 4. The lowest BCUT2D eigenvalue weighted by atomic mass is 10.1. The molecule has 8 heteroatoms. The molecule has 1 N–H and O–H groups in total. The minimum atomic E-state index is -5.06. The Morgan fingerprint density at radius 2 is 1.65 bits per heavy atom. The largest absolute Gasteiger partial charge is 0.333 e. The highest BCUT2D eigenvalue weighted by Gasteiger charge is 2.64. The quantitative estimate of drug-likeness (QED) is 0.673. The molecule has 1 fully saturated rings. The Bertz CT molecular complexity index is 651. The molecule has 1 aromatic rings. The third-order valence-corrected chi connectivity index (χ3v) is 4.09. The van der Waals surface area contributed by atoms with Gasteiger partial charge < -0.3 is 0 Å². The van der Waals surface area contributed by atoms with E-state index in [9.17, 15) is 26.0 Å². The fraction of sp³-hybridized carbons (Fsp3) is 0.333. The third kappa shape index (κ3) is 2.33. The molecule has 110 valence electrons. The van der Waals surface area contributed by atoms with Gasteiger partial charge in [-0.25, -0.2) is 0 Å². The van der Waals surface area contributed by atoms with Gasteiger partial charge in [0.15, 0.2) is 0 Å². The van der Waals surface area contributed by atoms with Crippen molar-refractivity contribution >= 4 is 15.0 Å². The first-order valence-corrected chi connectivity index (χ1v) is 7.03. The monoisotopic (exact) mass is 310 g/mol. The Balaban J connectivity index is 2.75. The average Bonchev–Trinajstić information content (AvgIpc) is 2.52. The molecule has 2 rings (SSSR count). The number of rotatable bonds is 2. The van der Waals surface area contributed by atoms with E-state index >= 15 is 0 Å². The van der Waals surface area contributed by atoms with Crippen molar-refractivity contribution in [2.75, 3.05) is 0 Å². The smallest absolute Gasteiger partial charge is 0.282 e. The normalized spacial score (nSPS) is 23.6. The van der Waals surface area contributed by atoms with Gasteiger partial charge in [0.25, 0.3) is 10.1 Å². The van der Waals surface area contributed by atoms with Crippen molar-refractivity contribution in [1.82, 2.24) is 0 Å². The van der Waals surface area contributed by atoms with Gasteiger partial charge in [-0.05, 0) is 12.0 Å². The van der Waals surface area contributed by atoms with E-state index in [1.165, 1.54) is 18.2 Å². The van der Waals surface area contributed by atoms with Gasteiger partial charge in [0.2, 0.25) is 0 Å². The highest BCUT2D eigenvalue weighted by Crippen LogP contribution is 2.53. The Labute approximate surface area is 112 Å². The molecule has 0 radical (unpaired) electrons. The van der Waals surface area contributed by atoms with Gasteiger partial charge in [0.05, 0.1) is 0 Å². The van der Waals surface area contributed by atoms with Crippen molar-refractivity contribution in [2.24, 2.45) is 0 Å². The molecule has 1 aromatic carbocycles. The maximum Gasteiger partial charge on any atom is 0.333 e. The van der Waals surface area contributed by atoms with Crippen LogP contribution in [0, 0.1) is 0 Å². The Morgan fingerprint density at radius 1 is 1.10 bits per heavy atom. The second-order valence-electron chi connectivity index (χ2n) is 4.43. The molecule has 0 aliphatic heterocycles. The summed E-state index contributed by atoms with van der Waals surface area (Å²) in [6.45, 7) is 0. The van der Waals surface area contributed by atoms with E-state index in [-0.39, 0.29) is 5.56 Å². The second-order valence-corrected chi connectivity index (χ2v) is 5.79. The van der Waals surface area contributed by atoms with Crippen LogP contribution >= 0.6 is 0 Å². The predicted octanol–water partition coefficient (Wildman–Crippen LogP) is 3.35. The van der Waals surface area contributed by atoms with E-state index in [0.29, 0.717) is 0 Å². The summed E-state index contributed by atoms with van der Waals surface area (Å²) in [4.78, 5) is -1.14. The van der Waals surface area contributed by atoms with Crippen LogP contribution in [0.5, 0.6) is 0 Å². The lowest BCUT2D eigenvalue weighted by Gasteiger charge is -2.21. The van der Waals surface area contributed by atoms with E-state index in [4.69, 9.17) is 4.55 Å². The fourth-order valence-electron chi connectivity index (χ4n) is 2.14. The van der Waals surface area contributed by atoms with E-state index in [2.05, 4.69) is 0 Å². The molecule has 20 heavy (non-hydrogen) atoms. The van der Waals surface area contributed by atoms with Crippen LogP contribution in [-0.2, 0) is 10.1 Å². The Kier molecular flexibility index (Phi) is 3.42. The first-order chi connectivity index (χ1) is 9.07. The molecule has 0 aromatic heterocycles. The molecule has 0 amide bonds. The predicted molar refractivity (Wildman–Crippen MR) is 64.0 cm³/mol. The van der Waals surface area contributed by atoms with E-state index < -0.39 is 45.3 Å². The van der Waals surface area contributed by atoms with Crippen LogP contribution < -0.4 is 0 Å². The van der Waals surface area contributed by atoms with Crippen molar-refractivity contribution in [2.45, 2.75) is 24.7 Å². The summed E-state index contributed by atoms with van der Waals surface area (Å²) in [5.74, 6) is -8.93. The van der Waals surface area contributed by atoms with Crippen molar-refractivity contribution in [3.05, 3.63) is 41.5 Å². The third-order valence-electron chi connectivity index (χ3n) is 3.10. The number of allylic oxidation sites excluding steroid dienone is 1. The summed E-state index contributed by atoms with van der Waals surface area (Å²) in [6, 6.07) is 6.51. The molecule has 0 heterocycles. The number of benzene rings is 1. The lowest BCUT2D eigenvalue weighted by molar-refractivity contribution is -0.167. The highest BCUT2D eigenvalue weighted by molar-refractivity contribution is 7.95. The summed E-state index contributed by atoms with van der Waals surface area (Å²) < 4.78 is 85.5. The summed E-state index contributed by atoms with van der Waals surface area (Å²) in [5.41, 5.74) is -1.50. The lowest BCUT2D eigenvalue weighted by Crippen LogP contribution is -2.36. The zero-order valence-corrected chi connectivity index (χ0v) is 10.8. The Hall–Kier alpha value is -1.41. The molecule has 0 spiro atoms. The molecule has 1 aliphatic carbocycles. The van der Waals surface area contributed by atoms with Crippen LogP contribution in [-0.4, -0.2) is 24.8 Å². The van der Waals surface area contributed by atoms with E-state index in [1.54, 1.807) is 0 Å². The van der Waals surface area contributed by atoms with Gasteiger partial charge in [-0.3, -0.25) is 4.55 Å². The fourth-order valence-corrected chi connectivity index (χ4v) is 3.12. The first kappa shape index (κ1) is 15.0. The molecule has 0 saturated heterocycles. The maximum atomic E-state index is 13.7. The molecular weight excluding hydrogens is 300 g/mol. The molecule has 0 bridgehead atoms. The van der Waals surface area contributed by atoms with Crippen molar-refractivity contribution < 1.29 is 30.5 Å². The summed E-state index contributed by atoms with van der Waals surface area (Å²) in [6.07, 6.45) is -1.97. The maximum absolute atomic E-state index is 13.7. The van der Waals surface area contributed by atoms with Gasteiger partial charge in [0.1, 0.15) is 4.91 Å². The minimum absolute atomic E-state index is 0.248. The highest BCUT2D eigenvalue weighted by atomic mass is 32.2. The molecule has 0 atom stereocenters. The summed E-state index contributed by atoms with van der Waals surface area (Å²) >= 11 is 0. The van der Waals surface area contributed by atoms with Gasteiger partial charge >= 0.3 is 11.8 Å². The summed E-state index contributed by atoms with van der Waals surface area (Å²) in [7, 11) is -5.06. The SMILES string of the molecule is O=S(=O)(O)C(=C1CCC(F)(F)C1(F)F)c1ccccc1. The number of hydrogen-bond donors (Lipinski definition) is 1. The second kappa shape index (κ2) is 4.56. The minimum Gasteiger partial charge on any atom is -0.282 e. The number of hydrogen-bond acceptors (Lipinski definition) is 2. The molecule has 1 aliphatic rings. The molecular formula is C12H10F4O3S. The first-order valence-electron chi connectivity index (χ1n) is 5.59. The van der Waals surface area contributed by atoms with Gasteiger partial charge in [0, 0.05) is 12.0 Å². The van der Waals surface area contributed by atoms with Crippen molar-refractivity contribution in [1.29, 1.82) is 0 Å². The molecule has 3 nitrogen and oxygen atoms in total. The zero-order chi connectivity index (χ0) is 15.2. The van der Waals surface area contributed by atoms with E-state index in [1.807, 2.05) is 0 Å². The van der Waals surface area contributed by atoms with Gasteiger partial charge in [-0.2, -0.15) is 26.0 Å². The summed E-state index contributed by atoms with van der Waals surface area (Å²) in [5, 5.41) is 0. The van der Waals surface area contributed by atoms with Crippen LogP contribution in [0.1, 0.15) is 18.4 Å². The van der Waals surface area contributed by atoms with Crippen molar-refractivity contribution in [3.8, 4) is 0 Å². The van der Waals surface area contributed by atoms with Crippen LogP contribution in [0.3, 0.4) is 0 Å². The van der Waals surface area contributed by atoms with Crippen LogP contribution in [0.4, 0.5) is 17.6 Å². The van der Waals surface area contributed by atoms with E-state index in [0.717, 1.165) is 12.1 Å². The molecule has 1 saturated carbocycles. The standard InChI is InChI=1S/C12H10F4O3S/c13-11(14)7-6-9(12(11,15)16)10(20(17,18)19)8-4-2-1-3-5-8/h1-5H,6-7H2,(H,17,18,19). The topological polar surface area (TPSA) is 54.4 Å². The van der Waals surface area contributed by atoms with Crippen LogP contribution in [0.25, 0.3) is 4.91 Å². The van der Waals surface area contributed by atoms with Crippen LogP contribution in [0.2, 0.25) is 0 Å². The van der Waals surface area contributed by atoms with Crippen LogP contribution in [0.15, 0.2) is 35.9 Å². The average molecular weight is 310 g/mol. The van der Waals surface area contributed by atoms with Gasteiger partial charge in [-0.1, -0.05) is 30.3 Å². The zero-order valence-electron chi connectivity index (χ0n) is 9.98. The molecule has 0 unspecified atom stereocenters. The van der Waals surface area contributed by atoms with Crippen molar-refractivity contribution in [3.63, 3.8) is 0 Å². The van der Waals surface area contributed by atoms with Gasteiger partial charge in [-0.15, -0.1) is 0 Å². The number of halogens is 4. The Morgan fingerprint density at radius 3 is 2.05 bits per heavy atom.